The van der Waals surface area contributed by atoms with E-state index < -0.39 is 30.4 Å². The molecule has 0 spiro atoms. The number of amides is 1. The molecular formula is C29H37FN3NaO6. The number of hydrogen-bond donors (Lipinski definition) is 3. The predicted molar refractivity (Wildman–Crippen MR) is 145 cm³/mol. The van der Waals surface area contributed by atoms with Gasteiger partial charge in [-0.05, 0) is 67.1 Å². The van der Waals surface area contributed by atoms with Gasteiger partial charge < -0.3 is 26.4 Å². The van der Waals surface area contributed by atoms with Gasteiger partial charge in [0.05, 0.1) is 31.4 Å². The molecule has 0 bridgehead atoms. The van der Waals surface area contributed by atoms with Gasteiger partial charge in [0.1, 0.15) is 11.6 Å². The number of benzene rings is 2. The first-order chi connectivity index (χ1) is 18.5. The molecule has 0 aliphatic heterocycles. The van der Waals surface area contributed by atoms with E-state index in [0.717, 1.165) is 5.56 Å². The van der Waals surface area contributed by atoms with Crippen LogP contribution in [0.25, 0.3) is 5.69 Å². The number of carbonyl (C=O) groups is 2. The van der Waals surface area contributed by atoms with Crippen molar-refractivity contribution in [1.29, 1.82) is 0 Å². The number of carboxylic acid groups (broad SMARTS) is 1. The number of hydrogen-bond acceptors (Lipinski definition) is 6. The first kappa shape index (κ1) is 33.4. The van der Waals surface area contributed by atoms with E-state index in [9.17, 15) is 24.2 Å². The fraction of sp³-hybridized carbons (Fsp3) is 0.414. The molecule has 3 N–H and O–H groups in total. The molecule has 40 heavy (non-hydrogen) atoms. The molecule has 0 saturated heterocycles. The molecule has 3 rings (SSSR count). The molecule has 0 unspecified atom stereocenters. The number of aliphatic hydroxyl groups is 2. The molecule has 2 atom stereocenters. The van der Waals surface area contributed by atoms with Crippen molar-refractivity contribution in [3.05, 3.63) is 76.9 Å². The summed E-state index contributed by atoms with van der Waals surface area (Å²) in [5, 5.41) is 34.0. The Bertz CT molecular complexity index is 1290. The molecule has 3 aromatic rings. The standard InChI is InChI=1S/C29H36FN3O6.Na.H/c1-18(2)27-25(13-12-22(34)15-23(35)16-26(36)37)33(21-10-8-20(30)9-11-21)31-28(27)29(38)32(3)17-19-6-5-7-24(14-19)39-4;;/h5-11,14,18,22-23,34-35H,12-13,15-17H2,1-4H3,(H,36,37);;/q;+1;-1/t22-,23-;;/m1../s1. The summed E-state index contributed by atoms with van der Waals surface area (Å²) in [5.74, 6) is -1.26. The van der Waals surface area contributed by atoms with Crippen molar-refractivity contribution in [3.63, 3.8) is 0 Å². The van der Waals surface area contributed by atoms with Crippen LogP contribution in [-0.4, -0.2) is 68.2 Å². The molecule has 0 saturated carbocycles. The van der Waals surface area contributed by atoms with Gasteiger partial charge in [0.15, 0.2) is 5.69 Å². The van der Waals surface area contributed by atoms with E-state index in [0.29, 0.717) is 35.7 Å². The van der Waals surface area contributed by atoms with Crippen LogP contribution in [0.4, 0.5) is 4.39 Å². The molecule has 212 valence electrons. The van der Waals surface area contributed by atoms with Crippen LogP contribution in [0.1, 0.15) is 67.8 Å². The Hall–Kier alpha value is -2.76. The number of aliphatic hydroxyl groups excluding tert-OH is 2. The minimum Gasteiger partial charge on any atom is -1.00 e. The molecule has 0 aliphatic rings. The Morgan fingerprint density at radius 3 is 2.40 bits per heavy atom. The zero-order valence-corrected chi connectivity index (χ0v) is 25.7. The molecule has 1 aromatic heterocycles. The number of ether oxygens (including phenoxy) is 1. The topological polar surface area (TPSA) is 125 Å². The van der Waals surface area contributed by atoms with E-state index in [1.54, 1.807) is 35.9 Å². The number of aromatic nitrogens is 2. The van der Waals surface area contributed by atoms with Crippen molar-refractivity contribution < 1.29 is 65.0 Å². The maximum absolute atomic E-state index is 13.7. The monoisotopic (exact) mass is 565 g/mol. The van der Waals surface area contributed by atoms with Crippen LogP contribution in [0.5, 0.6) is 5.75 Å². The zero-order chi connectivity index (χ0) is 28.7. The number of carbonyl (C=O) groups excluding carboxylic acids is 1. The van der Waals surface area contributed by atoms with Crippen LogP contribution in [0, 0.1) is 5.82 Å². The van der Waals surface area contributed by atoms with Crippen LogP contribution in [0.15, 0.2) is 48.5 Å². The average Bonchev–Trinajstić information content (AvgIpc) is 3.26. The number of methoxy groups -OCH3 is 1. The first-order valence-corrected chi connectivity index (χ1v) is 12.8. The van der Waals surface area contributed by atoms with Crippen LogP contribution < -0.4 is 34.3 Å². The normalized spacial score (nSPS) is 12.5. The van der Waals surface area contributed by atoms with E-state index in [-0.39, 0.29) is 61.3 Å². The molecule has 9 nitrogen and oxygen atoms in total. The summed E-state index contributed by atoms with van der Waals surface area (Å²) in [4.78, 5) is 26.1. The largest absolute Gasteiger partial charge is 1.00 e. The van der Waals surface area contributed by atoms with Crippen molar-refractivity contribution in [2.75, 3.05) is 14.2 Å². The van der Waals surface area contributed by atoms with Crippen LogP contribution in [0.3, 0.4) is 0 Å². The van der Waals surface area contributed by atoms with Crippen LogP contribution >= 0.6 is 0 Å². The number of aliphatic carboxylic acids is 1. The quantitative estimate of drug-likeness (QED) is 0.265. The summed E-state index contributed by atoms with van der Waals surface area (Å²) in [6, 6.07) is 13.2. The van der Waals surface area contributed by atoms with E-state index in [1.165, 1.54) is 12.1 Å². The van der Waals surface area contributed by atoms with Crippen molar-refractivity contribution in [2.45, 2.75) is 64.2 Å². The second kappa shape index (κ2) is 15.3. The Kier molecular flexibility index (Phi) is 12.8. The summed E-state index contributed by atoms with van der Waals surface area (Å²) >= 11 is 0. The Morgan fingerprint density at radius 2 is 1.80 bits per heavy atom. The zero-order valence-electron chi connectivity index (χ0n) is 24.7. The van der Waals surface area contributed by atoms with Gasteiger partial charge in [-0.3, -0.25) is 9.59 Å². The fourth-order valence-corrected chi connectivity index (χ4v) is 4.58. The van der Waals surface area contributed by atoms with E-state index in [4.69, 9.17) is 9.84 Å². The first-order valence-electron chi connectivity index (χ1n) is 12.8. The summed E-state index contributed by atoms with van der Waals surface area (Å²) in [7, 11) is 3.27. The van der Waals surface area contributed by atoms with Crippen molar-refractivity contribution in [3.8, 4) is 11.4 Å². The summed E-state index contributed by atoms with van der Waals surface area (Å²) in [5.41, 5.74) is 3.09. The maximum atomic E-state index is 13.7. The summed E-state index contributed by atoms with van der Waals surface area (Å²) in [6.07, 6.45) is -2.19. The van der Waals surface area contributed by atoms with Gasteiger partial charge in [0.2, 0.25) is 0 Å². The van der Waals surface area contributed by atoms with Gasteiger partial charge in [-0.15, -0.1) is 0 Å². The smallest absolute Gasteiger partial charge is 1.00 e. The molecule has 11 heteroatoms. The molecule has 0 fully saturated rings. The number of nitrogens with zero attached hydrogens (tertiary/aromatic N) is 3. The molecule has 1 heterocycles. The molecule has 1 amide bonds. The van der Waals surface area contributed by atoms with E-state index in [2.05, 4.69) is 5.10 Å². The summed E-state index contributed by atoms with van der Waals surface area (Å²) in [6.45, 7) is 4.22. The second-order valence-electron chi connectivity index (χ2n) is 9.94. The Balaban J connectivity index is 0.00000420. The molecule has 0 radical (unpaired) electrons. The Labute approximate surface area is 257 Å². The number of rotatable bonds is 13. The second-order valence-corrected chi connectivity index (χ2v) is 9.94. The van der Waals surface area contributed by atoms with E-state index in [1.807, 2.05) is 38.1 Å². The Morgan fingerprint density at radius 1 is 1.12 bits per heavy atom. The van der Waals surface area contributed by atoms with Gasteiger partial charge >= 0.3 is 35.5 Å². The number of carboxylic acids is 1. The third kappa shape index (κ3) is 8.87. The molecule has 2 aromatic carbocycles. The minimum atomic E-state index is -1.17. The maximum Gasteiger partial charge on any atom is 1.00 e. The summed E-state index contributed by atoms with van der Waals surface area (Å²) < 4.78 is 20.6. The SMILES string of the molecule is COc1cccc(CN(C)C(=O)c2nn(-c3ccc(F)cc3)c(CC[C@@H](O)C[C@@H](O)CC(=O)O)c2C(C)C)c1.[H-].[Na+]. The molecule has 0 aliphatic carbocycles. The van der Waals surface area contributed by atoms with Gasteiger partial charge in [-0.25, -0.2) is 9.07 Å². The van der Waals surface area contributed by atoms with Crippen LogP contribution in [0.2, 0.25) is 0 Å². The van der Waals surface area contributed by atoms with Gasteiger partial charge in [0.25, 0.3) is 5.91 Å². The minimum absolute atomic E-state index is 0. The van der Waals surface area contributed by atoms with Gasteiger partial charge in [0, 0.05) is 24.8 Å². The molecular weight excluding hydrogens is 528 g/mol. The van der Waals surface area contributed by atoms with E-state index >= 15 is 0 Å². The fourth-order valence-electron chi connectivity index (χ4n) is 4.58. The average molecular weight is 566 g/mol. The van der Waals surface area contributed by atoms with Crippen molar-refractivity contribution >= 4 is 11.9 Å². The van der Waals surface area contributed by atoms with Crippen LogP contribution in [-0.2, 0) is 17.8 Å². The third-order valence-electron chi connectivity index (χ3n) is 6.44. The van der Waals surface area contributed by atoms with Gasteiger partial charge in [-0.2, -0.15) is 5.10 Å². The van der Waals surface area contributed by atoms with Gasteiger partial charge in [-0.1, -0.05) is 26.0 Å². The number of halogens is 1. The predicted octanol–water partition coefficient (Wildman–Crippen LogP) is 1.05. The van der Waals surface area contributed by atoms with Crippen molar-refractivity contribution in [2.24, 2.45) is 0 Å². The third-order valence-corrected chi connectivity index (χ3v) is 6.44. The van der Waals surface area contributed by atoms with Crippen molar-refractivity contribution in [1.82, 2.24) is 14.7 Å².